The molecule has 1 fully saturated rings. The number of carbonyl (C=O) groups is 1. The predicted octanol–water partition coefficient (Wildman–Crippen LogP) is 5.61. The minimum Gasteiger partial charge on any atom is -0.465 e. The lowest BCUT2D eigenvalue weighted by atomic mass is 9.86. The molecule has 4 heteroatoms. The van der Waals surface area contributed by atoms with Gasteiger partial charge in [0.25, 0.3) is 0 Å². The van der Waals surface area contributed by atoms with Gasteiger partial charge in [-0.1, -0.05) is 36.8 Å². The van der Waals surface area contributed by atoms with Crippen LogP contribution in [0.4, 0.5) is 0 Å². The Morgan fingerprint density at radius 1 is 1.07 bits per heavy atom. The van der Waals surface area contributed by atoms with E-state index in [2.05, 4.69) is 42.2 Å². The molecular formula is C26H33NO2S. The lowest BCUT2D eigenvalue weighted by molar-refractivity contribution is -0.148. The molecule has 2 aliphatic rings. The zero-order valence-electron chi connectivity index (χ0n) is 18.7. The summed E-state index contributed by atoms with van der Waals surface area (Å²) < 4.78 is 5.39. The summed E-state index contributed by atoms with van der Waals surface area (Å²) in [5.74, 6) is -0.132. The van der Waals surface area contributed by atoms with Crippen LogP contribution in [0.5, 0.6) is 0 Å². The van der Waals surface area contributed by atoms with Crippen molar-refractivity contribution in [2.75, 3.05) is 26.2 Å². The Morgan fingerprint density at radius 3 is 2.50 bits per heavy atom. The number of ether oxygens (including phenoxy) is 1. The molecule has 1 saturated heterocycles. The van der Waals surface area contributed by atoms with Gasteiger partial charge in [-0.15, -0.1) is 11.3 Å². The summed E-state index contributed by atoms with van der Waals surface area (Å²) in [6, 6.07) is 11.2. The number of aryl methyl sites for hydroxylation is 2. The number of thiophene rings is 1. The minimum absolute atomic E-state index is 0.132. The molecule has 1 aromatic heterocycles. The van der Waals surface area contributed by atoms with Gasteiger partial charge in [-0.2, -0.15) is 0 Å². The van der Waals surface area contributed by atoms with Gasteiger partial charge in [0.1, 0.15) is 0 Å². The molecule has 1 aliphatic carbocycles. The first kappa shape index (κ1) is 21.3. The Balaban J connectivity index is 1.83. The summed E-state index contributed by atoms with van der Waals surface area (Å²) in [5, 5.41) is 0. The lowest BCUT2D eigenvalue weighted by Crippen LogP contribution is -2.30. The van der Waals surface area contributed by atoms with Crippen LogP contribution in [0, 0.1) is 0 Å². The van der Waals surface area contributed by atoms with Crippen molar-refractivity contribution >= 4 is 22.9 Å². The zero-order valence-corrected chi connectivity index (χ0v) is 19.5. The van der Waals surface area contributed by atoms with Crippen LogP contribution in [0.15, 0.2) is 35.9 Å². The van der Waals surface area contributed by atoms with Gasteiger partial charge >= 0.3 is 5.97 Å². The van der Waals surface area contributed by atoms with E-state index in [0.717, 1.165) is 50.2 Å². The molecule has 1 aliphatic heterocycles. The lowest BCUT2D eigenvalue weighted by Gasteiger charge is -2.29. The van der Waals surface area contributed by atoms with Crippen LogP contribution in [0.25, 0.3) is 5.57 Å². The normalized spacial score (nSPS) is 17.3. The zero-order chi connectivity index (χ0) is 21.3. The monoisotopic (exact) mass is 423 g/mol. The maximum atomic E-state index is 12.7. The maximum Gasteiger partial charge on any atom is 0.316 e. The van der Waals surface area contributed by atoms with Crippen LogP contribution in [0.3, 0.4) is 0 Å². The van der Waals surface area contributed by atoms with Crippen molar-refractivity contribution in [3.8, 4) is 0 Å². The number of esters is 1. The highest BCUT2D eigenvalue weighted by Gasteiger charge is 2.35. The molecule has 3 nitrogen and oxygen atoms in total. The summed E-state index contributed by atoms with van der Waals surface area (Å²) >= 11 is 1.81. The van der Waals surface area contributed by atoms with Gasteiger partial charge in [0.05, 0.1) is 12.0 Å². The number of hydrogen-bond acceptors (Lipinski definition) is 4. The SMILES string of the molecule is CCOC(=O)C(C)(C)c1cc2c(s1)CCc1ccccc1C2=C1CCN(CC)CC1. The topological polar surface area (TPSA) is 29.5 Å². The molecule has 0 unspecified atom stereocenters. The third-order valence-electron chi connectivity index (χ3n) is 6.65. The fourth-order valence-corrected chi connectivity index (χ4v) is 5.95. The van der Waals surface area contributed by atoms with Crippen LogP contribution in [0.2, 0.25) is 0 Å². The highest BCUT2D eigenvalue weighted by molar-refractivity contribution is 7.12. The Bertz CT molecular complexity index is 959. The second-order valence-corrected chi connectivity index (χ2v) is 10.00. The van der Waals surface area contributed by atoms with E-state index in [9.17, 15) is 4.79 Å². The number of nitrogens with zero attached hydrogens (tertiary/aromatic N) is 1. The molecule has 2 heterocycles. The molecule has 0 N–H and O–H groups in total. The predicted molar refractivity (Wildman–Crippen MR) is 125 cm³/mol. The molecule has 0 bridgehead atoms. The summed E-state index contributed by atoms with van der Waals surface area (Å²) in [7, 11) is 0. The molecule has 0 spiro atoms. The van der Waals surface area contributed by atoms with Crippen LogP contribution >= 0.6 is 11.3 Å². The third-order valence-corrected chi connectivity index (χ3v) is 8.17. The number of benzene rings is 1. The number of likely N-dealkylation sites (tertiary alicyclic amines) is 1. The van der Waals surface area contributed by atoms with Crippen molar-refractivity contribution in [2.45, 2.75) is 58.8 Å². The Kier molecular flexibility index (Phi) is 6.17. The Morgan fingerprint density at radius 2 is 1.80 bits per heavy atom. The molecule has 160 valence electrons. The Labute approximate surface area is 184 Å². The van der Waals surface area contributed by atoms with E-state index >= 15 is 0 Å². The number of piperidine rings is 1. The highest BCUT2D eigenvalue weighted by atomic mass is 32.1. The van der Waals surface area contributed by atoms with Gasteiger partial charge in [-0.3, -0.25) is 4.79 Å². The second kappa shape index (κ2) is 8.68. The van der Waals surface area contributed by atoms with E-state index in [1.54, 1.807) is 5.57 Å². The number of hydrogen-bond donors (Lipinski definition) is 0. The first-order chi connectivity index (χ1) is 14.5. The van der Waals surface area contributed by atoms with Gasteiger partial charge in [0.15, 0.2) is 0 Å². The van der Waals surface area contributed by atoms with Gasteiger partial charge in [-0.25, -0.2) is 0 Å². The van der Waals surface area contributed by atoms with Crippen molar-refractivity contribution < 1.29 is 9.53 Å². The third kappa shape index (κ3) is 3.88. The van der Waals surface area contributed by atoms with Crippen molar-refractivity contribution in [1.29, 1.82) is 0 Å². The van der Waals surface area contributed by atoms with Crippen LogP contribution in [-0.2, 0) is 27.8 Å². The van der Waals surface area contributed by atoms with Crippen molar-refractivity contribution in [2.24, 2.45) is 0 Å². The molecule has 30 heavy (non-hydrogen) atoms. The first-order valence-corrected chi connectivity index (χ1v) is 12.1. The molecule has 0 saturated carbocycles. The van der Waals surface area contributed by atoms with Crippen molar-refractivity contribution in [3.63, 3.8) is 0 Å². The minimum atomic E-state index is -0.617. The van der Waals surface area contributed by atoms with Crippen LogP contribution in [-0.4, -0.2) is 37.1 Å². The summed E-state index contributed by atoms with van der Waals surface area (Å²) in [4.78, 5) is 17.7. The smallest absolute Gasteiger partial charge is 0.316 e. The molecule has 0 amide bonds. The molecule has 1 aromatic carbocycles. The Hall–Kier alpha value is -1.91. The quantitative estimate of drug-likeness (QED) is 0.599. The summed E-state index contributed by atoms with van der Waals surface area (Å²) in [6.07, 6.45) is 4.35. The fourth-order valence-electron chi connectivity index (χ4n) is 4.69. The van der Waals surface area contributed by atoms with Gasteiger partial charge in [-0.05, 0) is 81.3 Å². The average Bonchev–Trinajstić information content (AvgIpc) is 3.12. The molecular weight excluding hydrogens is 390 g/mol. The fraction of sp³-hybridized carbons (Fsp3) is 0.500. The highest BCUT2D eigenvalue weighted by Crippen LogP contribution is 2.44. The van der Waals surface area contributed by atoms with Crippen molar-refractivity contribution in [3.05, 3.63) is 62.3 Å². The standard InChI is InChI=1S/C26H33NO2S/c1-5-27-15-13-19(14-16-27)24-20-10-8-7-9-18(20)11-12-22-21(24)17-23(30-22)26(3,4)25(28)29-6-2/h7-10,17H,5-6,11-16H2,1-4H3. The van der Waals surface area contributed by atoms with E-state index in [4.69, 9.17) is 4.74 Å². The second-order valence-electron chi connectivity index (χ2n) is 8.86. The van der Waals surface area contributed by atoms with Gasteiger partial charge in [0, 0.05) is 22.8 Å². The van der Waals surface area contributed by atoms with E-state index in [1.807, 2.05) is 32.1 Å². The average molecular weight is 424 g/mol. The van der Waals surface area contributed by atoms with Gasteiger partial charge in [0.2, 0.25) is 0 Å². The van der Waals surface area contributed by atoms with E-state index in [1.165, 1.54) is 27.1 Å². The first-order valence-electron chi connectivity index (χ1n) is 11.3. The molecule has 2 aromatic rings. The number of carbonyl (C=O) groups excluding carboxylic acids is 1. The molecule has 0 atom stereocenters. The number of rotatable bonds is 4. The van der Waals surface area contributed by atoms with Gasteiger partial charge < -0.3 is 9.64 Å². The summed E-state index contributed by atoms with van der Waals surface area (Å²) in [6.45, 7) is 11.9. The maximum absolute atomic E-state index is 12.7. The van der Waals surface area contributed by atoms with Crippen molar-refractivity contribution in [1.82, 2.24) is 4.90 Å². The summed E-state index contributed by atoms with van der Waals surface area (Å²) in [5.41, 5.74) is 6.61. The van der Waals surface area contributed by atoms with Crippen LogP contribution in [0.1, 0.15) is 67.0 Å². The van der Waals surface area contributed by atoms with Crippen LogP contribution < -0.4 is 0 Å². The van der Waals surface area contributed by atoms with E-state index in [0.29, 0.717) is 6.61 Å². The van der Waals surface area contributed by atoms with E-state index < -0.39 is 5.41 Å². The molecule has 4 rings (SSSR count). The number of fused-ring (bicyclic) bond motifs is 2. The largest absolute Gasteiger partial charge is 0.465 e. The molecule has 0 radical (unpaired) electrons. The van der Waals surface area contributed by atoms with E-state index in [-0.39, 0.29) is 5.97 Å².